The first kappa shape index (κ1) is 17.7. The molecule has 0 amide bonds. The predicted octanol–water partition coefficient (Wildman–Crippen LogP) is 3.68. The Bertz CT molecular complexity index is 385. The highest BCUT2D eigenvalue weighted by Gasteiger charge is 2.12. The van der Waals surface area contributed by atoms with E-state index < -0.39 is 0 Å². The lowest BCUT2D eigenvalue weighted by atomic mass is 10.0. The molecular weight excluding hydrogens is 264 g/mol. The minimum Gasteiger partial charge on any atom is -0.374 e. The smallest absolute Gasteiger partial charge is 0.158 e. The Morgan fingerprint density at radius 3 is 2.48 bits per heavy atom. The summed E-state index contributed by atoms with van der Waals surface area (Å²) in [5, 5.41) is 6.80. The molecule has 5 nitrogen and oxygen atoms in total. The van der Waals surface area contributed by atoms with Crippen LogP contribution in [0.3, 0.4) is 0 Å². The highest BCUT2D eigenvalue weighted by Crippen LogP contribution is 2.17. The van der Waals surface area contributed by atoms with Crippen molar-refractivity contribution < 1.29 is 4.74 Å². The van der Waals surface area contributed by atoms with Crippen LogP contribution in [0.2, 0.25) is 0 Å². The summed E-state index contributed by atoms with van der Waals surface area (Å²) >= 11 is 0. The average Bonchev–Trinajstić information content (AvgIpc) is 2.49. The van der Waals surface area contributed by atoms with Crippen LogP contribution in [-0.2, 0) is 11.3 Å². The Hall–Kier alpha value is -1.36. The minimum absolute atomic E-state index is 0.379. The Morgan fingerprint density at radius 1 is 1.14 bits per heavy atom. The predicted molar refractivity (Wildman–Crippen MR) is 88.7 cm³/mol. The number of nitrogens with one attached hydrogen (secondary N) is 2. The summed E-state index contributed by atoms with van der Waals surface area (Å²) in [5.74, 6) is 3.05. The molecule has 0 aliphatic rings. The van der Waals surface area contributed by atoms with Crippen LogP contribution >= 0.6 is 0 Å². The van der Waals surface area contributed by atoms with Gasteiger partial charge in [0.15, 0.2) is 5.82 Å². The van der Waals surface area contributed by atoms with E-state index >= 15 is 0 Å². The average molecular weight is 294 g/mol. The topological polar surface area (TPSA) is 59.1 Å². The lowest BCUT2D eigenvalue weighted by molar-refractivity contribution is 0.128. The molecule has 5 heteroatoms. The van der Waals surface area contributed by atoms with E-state index in [1.165, 1.54) is 0 Å². The van der Waals surface area contributed by atoms with Gasteiger partial charge in [-0.3, -0.25) is 0 Å². The fourth-order valence-electron chi connectivity index (χ4n) is 1.90. The molecule has 2 atom stereocenters. The van der Waals surface area contributed by atoms with E-state index in [-0.39, 0.29) is 0 Å². The number of hydrogen-bond acceptors (Lipinski definition) is 5. The summed E-state index contributed by atoms with van der Waals surface area (Å²) in [6, 6.07) is 2.35. The quantitative estimate of drug-likeness (QED) is 0.689. The van der Waals surface area contributed by atoms with Gasteiger partial charge in [0, 0.05) is 25.3 Å². The van der Waals surface area contributed by atoms with Crippen molar-refractivity contribution in [1.82, 2.24) is 9.97 Å². The van der Waals surface area contributed by atoms with Crippen molar-refractivity contribution in [3.63, 3.8) is 0 Å². The van der Waals surface area contributed by atoms with Crippen LogP contribution in [0.4, 0.5) is 11.6 Å². The van der Waals surface area contributed by atoms with Crippen molar-refractivity contribution in [2.75, 3.05) is 23.8 Å². The van der Waals surface area contributed by atoms with E-state index in [1.807, 2.05) is 13.0 Å². The number of ether oxygens (including phenoxy) is 1. The number of aromatic nitrogens is 2. The molecule has 1 aromatic rings. The van der Waals surface area contributed by atoms with Gasteiger partial charge in [-0.1, -0.05) is 27.2 Å². The standard InChI is InChI=1S/C16H30N4O/c1-6-9-17-14-10-15(18-13(5)12(4)7-2)20-16(19-14)11-21-8-3/h10,12-13H,6-9,11H2,1-5H3,(H2,17,18,19,20). The second-order valence-corrected chi connectivity index (χ2v) is 5.44. The SMILES string of the molecule is CCCNc1cc(NC(C)C(C)CC)nc(COCC)n1. The maximum absolute atomic E-state index is 5.43. The summed E-state index contributed by atoms with van der Waals surface area (Å²) in [6.07, 6.45) is 2.21. The van der Waals surface area contributed by atoms with Crippen molar-refractivity contribution in [2.24, 2.45) is 5.92 Å². The summed E-state index contributed by atoms with van der Waals surface area (Å²) < 4.78 is 5.43. The molecule has 2 unspecified atom stereocenters. The van der Waals surface area contributed by atoms with Gasteiger partial charge in [0.1, 0.15) is 18.2 Å². The molecule has 0 bridgehead atoms. The summed E-state index contributed by atoms with van der Waals surface area (Å²) in [5.41, 5.74) is 0. The molecule has 21 heavy (non-hydrogen) atoms. The lowest BCUT2D eigenvalue weighted by Gasteiger charge is -2.21. The normalized spacial score (nSPS) is 13.8. The molecule has 0 spiro atoms. The van der Waals surface area contributed by atoms with Crippen LogP contribution in [0.25, 0.3) is 0 Å². The number of hydrogen-bond donors (Lipinski definition) is 2. The first-order chi connectivity index (χ1) is 10.1. The third kappa shape index (κ3) is 6.29. The minimum atomic E-state index is 0.379. The molecular formula is C16H30N4O. The van der Waals surface area contributed by atoms with E-state index in [0.29, 0.717) is 25.2 Å². The van der Waals surface area contributed by atoms with Crippen LogP contribution in [0, 0.1) is 5.92 Å². The molecule has 0 radical (unpaired) electrons. The second kappa shape index (κ2) is 9.55. The van der Waals surface area contributed by atoms with Gasteiger partial charge in [0.2, 0.25) is 0 Å². The molecule has 0 aliphatic heterocycles. The van der Waals surface area contributed by atoms with Crippen LogP contribution in [0.15, 0.2) is 6.07 Å². The van der Waals surface area contributed by atoms with Crippen LogP contribution in [-0.4, -0.2) is 29.2 Å². The van der Waals surface area contributed by atoms with E-state index in [2.05, 4.69) is 48.3 Å². The Kier molecular flexibility index (Phi) is 8.05. The lowest BCUT2D eigenvalue weighted by Crippen LogP contribution is -2.24. The first-order valence-electron chi connectivity index (χ1n) is 8.06. The zero-order valence-electron chi connectivity index (χ0n) is 14.1. The van der Waals surface area contributed by atoms with Crippen molar-refractivity contribution in [3.8, 4) is 0 Å². The highest BCUT2D eigenvalue weighted by atomic mass is 16.5. The maximum Gasteiger partial charge on any atom is 0.158 e. The largest absolute Gasteiger partial charge is 0.374 e. The van der Waals surface area contributed by atoms with Crippen LogP contribution in [0.5, 0.6) is 0 Å². The number of nitrogens with zero attached hydrogens (tertiary/aromatic N) is 2. The molecule has 1 rings (SSSR count). The number of anilines is 2. The maximum atomic E-state index is 5.43. The van der Waals surface area contributed by atoms with Gasteiger partial charge in [-0.2, -0.15) is 0 Å². The molecule has 1 aromatic heterocycles. The summed E-state index contributed by atoms with van der Waals surface area (Å²) in [6.45, 7) is 12.8. The molecule has 0 saturated carbocycles. The van der Waals surface area contributed by atoms with Gasteiger partial charge in [0.05, 0.1) is 0 Å². The van der Waals surface area contributed by atoms with Gasteiger partial charge in [-0.05, 0) is 26.2 Å². The summed E-state index contributed by atoms with van der Waals surface area (Å²) in [4.78, 5) is 9.04. The fourth-order valence-corrected chi connectivity index (χ4v) is 1.90. The van der Waals surface area contributed by atoms with Crippen LogP contribution in [0.1, 0.15) is 53.3 Å². The van der Waals surface area contributed by atoms with Gasteiger partial charge in [-0.25, -0.2) is 9.97 Å². The van der Waals surface area contributed by atoms with Gasteiger partial charge >= 0.3 is 0 Å². The van der Waals surface area contributed by atoms with Crippen LogP contribution < -0.4 is 10.6 Å². The zero-order chi connectivity index (χ0) is 15.7. The summed E-state index contributed by atoms with van der Waals surface area (Å²) in [7, 11) is 0. The molecule has 0 fully saturated rings. The first-order valence-corrected chi connectivity index (χ1v) is 8.06. The molecule has 0 saturated heterocycles. The Labute approximate surface area is 128 Å². The van der Waals surface area contributed by atoms with E-state index in [9.17, 15) is 0 Å². The Balaban J connectivity index is 2.84. The van der Waals surface area contributed by atoms with E-state index in [4.69, 9.17) is 4.74 Å². The van der Waals surface area contributed by atoms with E-state index in [1.54, 1.807) is 0 Å². The van der Waals surface area contributed by atoms with Gasteiger partial charge in [0.25, 0.3) is 0 Å². The van der Waals surface area contributed by atoms with Crippen molar-refractivity contribution in [3.05, 3.63) is 11.9 Å². The fraction of sp³-hybridized carbons (Fsp3) is 0.750. The molecule has 0 aromatic carbocycles. The van der Waals surface area contributed by atoms with Gasteiger partial charge < -0.3 is 15.4 Å². The monoisotopic (exact) mass is 294 g/mol. The molecule has 1 heterocycles. The molecule has 120 valence electrons. The molecule has 2 N–H and O–H groups in total. The number of rotatable bonds is 10. The Morgan fingerprint density at radius 2 is 1.86 bits per heavy atom. The third-order valence-electron chi connectivity index (χ3n) is 3.64. The van der Waals surface area contributed by atoms with Gasteiger partial charge in [-0.15, -0.1) is 0 Å². The van der Waals surface area contributed by atoms with E-state index in [0.717, 1.165) is 36.8 Å². The third-order valence-corrected chi connectivity index (χ3v) is 3.64. The zero-order valence-corrected chi connectivity index (χ0v) is 14.1. The second-order valence-electron chi connectivity index (χ2n) is 5.44. The van der Waals surface area contributed by atoms with Crippen molar-refractivity contribution in [2.45, 2.75) is 60.1 Å². The molecule has 0 aliphatic carbocycles. The van der Waals surface area contributed by atoms with Crippen molar-refractivity contribution >= 4 is 11.6 Å². The highest BCUT2D eigenvalue weighted by molar-refractivity contribution is 5.48. The van der Waals surface area contributed by atoms with Crippen molar-refractivity contribution in [1.29, 1.82) is 0 Å².